The van der Waals surface area contributed by atoms with Crippen LogP contribution in [0.2, 0.25) is 0 Å². The number of piperidine rings is 1. The van der Waals surface area contributed by atoms with Crippen LogP contribution < -0.4 is 10.6 Å². The molecule has 0 atom stereocenters. The zero-order valence-corrected chi connectivity index (χ0v) is 14.0. The fraction of sp³-hybridized carbons (Fsp3) is 0.588. The van der Waals surface area contributed by atoms with E-state index in [2.05, 4.69) is 53.6 Å². The van der Waals surface area contributed by atoms with Gasteiger partial charge in [0.05, 0.1) is 0 Å². The summed E-state index contributed by atoms with van der Waals surface area (Å²) >= 11 is 5.32. The van der Waals surface area contributed by atoms with E-state index >= 15 is 0 Å². The predicted molar refractivity (Wildman–Crippen MR) is 94.9 cm³/mol. The number of nitrogens with one attached hydrogen (secondary N) is 2. The van der Waals surface area contributed by atoms with Gasteiger partial charge in [-0.2, -0.15) is 0 Å². The van der Waals surface area contributed by atoms with Gasteiger partial charge >= 0.3 is 0 Å². The lowest BCUT2D eigenvalue weighted by Crippen LogP contribution is -2.36. The Bertz CT molecular complexity index is 436. The fourth-order valence-electron chi connectivity index (χ4n) is 2.60. The van der Waals surface area contributed by atoms with Crippen molar-refractivity contribution in [2.45, 2.75) is 33.1 Å². The Morgan fingerprint density at radius 3 is 2.57 bits per heavy atom. The summed E-state index contributed by atoms with van der Waals surface area (Å²) in [4.78, 5) is 2.57. The number of thiocarbonyl (C=S) groups is 1. The van der Waals surface area contributed by atoms with Gasteiger partial charge in [0.25, 0.3) is 0 Å². The van der Waals surface area contributed by atoms with E-state index in [-0.39, 0.29) is 0 Å². The minimum absolute atomic E-state index is 0.714. The van der Waals surface area contributed by atoms with E-state index in [0.29, 0.717) is 5.11 Å². The Morgan fingerprint density at radius 2 is 1.90 bits per heavy atom. The lowest BCUT2D eigenvalue weighted by molar-refractivity contribution is 0.191. The Balaban J connectivity index is 1.58. The van der Waals surface area contributed by atoms with Crippen LogP contribution in [0.15, 0.2) is 24.3 Å². The van der Waals surface area contributed by atoms with Crippen LogP contribution in [0, 0.1) is 12.8 Å². The number of hydrogen-bond acceptors (Lipinski definition) is 2. The first kappa shape index (κ1) is 16.2. The standard InChI is InChI=1S/C17H27N3S/c1-14-4-6-16(7-5-14)19-17(21)18-10-3-11-20-12-8-15(2)9-13-20/h4-7,15H,3,8-13H2,1-2H3,(H2,18,19,21). The van der Waals surface area contributed by atoms with Gasteiger partial charge in [0.15, 0.2) is 5.11 Å². The van der Waals surface area contributed by atoms with Crippen molar-refractivity contribution < 1.29 is 0 Å². The van der Waals surface area contributed by atoms with Crippen molar-refractivity contribution in [3.8, 4) is 0 Å². The quantitative estimate of drug-likeness (QED) is 0.644. The Labute approximate surface area is 134 Å². The third-order valence-electron chi connectivity index (χ3n) is 4.12. The van der Waals surface area contributed by atoms with Crippen LogP contribution in [-0.4, -0.2) is 36.2 Å². The molecule has 0 saturated carbocycles. The lowest BCUT2D eigenvalue weighted by atomic mass is 9.99. The van der Waals surface area contributed by atoms with Crippen LogP contribution >= 0.6 is 12.2 Å². The molecule has 4 heteroatoms. The fourth-order valence-corrected chi connectivity index (χ4v) is 2.82. The van der Waals surface area contributed by atoms with E-state index in [1.165, 1.54) is 38.0 Å². The van der Waals surface area contributed by atoms with Crippen molar-refractivity contribution in [1.82, 2.24) is 10.2 Å². The maximum atomic E-state index is 5.32. The van der Waals surface area contributed by atoms with Gasteiger partial charge in [-0.1, -0.05) is 24.6 Å². The minimum atomic E-state index is 0.714. The lowest BCUT2D eigenvalue weighted by Gasteiger charge is -2.30. The van der Waals surface area contributed by atoms with E-state index in [9.17, 15) is 0 Å². The third kappa shape index (κ3) is 6.02. The van der Waals surface area contributed by atoms with Gasteiger partial charge in [0.1, 0.15) is 0 Å². The van der Waals surface area contributed by atoms with Gasteiger partial charge in [-0.15, -0.1) is 0 Å². The molecule has 3 nitrogen and oxygen atoms in total. The zero-order valence-electron chi connectivity index (χ0n) is 13.2. The number of likely N-dealkylation sites (tertiary alicyclic amines) is 1. The summed E-state index contributed by atoms with van der Waals surface area (Å²) in [5.41, 5.74) is 2.30. The van der Waals surface area contributed by atoms with Crippen LogP contribution in [0.4, 0.5) is 5.69 Å². The second kappa shape index (κ2) is 8.35. The second-order valence-electron chi connectivity index (χ2n) is 6.12. The largest absolute Gasteiger partial charge is 0.362 e. The number of benzene rings is 1. The summed E-state index contributed by atoms with van der Waals surface area (Å²) in [5.74, 6) is 0.908. The second-order valence-corrected chi connectivity index (χ2v) is 6.53. The molecule has 0 unspecified atom stereocenters. The first-order valence-corrected chi connectivity index (χ1v) is 8.38. The Morgan fingerprint density at radius 1 is 1.24 bits per heavy atom. The van der Waals surface area contributed by atoms with Gasteiger partial charge in [-0.05, 0) is 76.1 Å². The van der Waals surface area contributed by atoms with Crippen molar-refractivity contribution >= 4 is 23.0 Å². The minimum Gasteiger partial charge on any atom is -0.362 e. The highest BCUT2D eigenvalue weighted by Gasteiger charge is 2.14. The van der Waals surface area contributed by atoms with E-state index in [0.717, 1.165) is 24.6 Å². The summed E-state index contributed by atoms with van der Waals surface area (Å²) in [6, 6.07) is 8.28. The molecule has 0 bridgehead atoms. The van der Waals surface area contributed by atoms with Crippen molar-refractivity contribution in [1.29, 1.82) is 0 Å². The number of rotatable bonds is 5. The molecule has 0 aromatic heterocycles. The topological polar surface area (TPSA) is 27.3 Å². The molecule has 116 valence electrons. The van der Waals surface area contributed by atoms with Gasteiger partial charge in [-0.3, -0.25) is 0 Å². The molecular weight excluding hydrogens is 278 g/mol. The Hall–Kier alpha value is -1.13. The number of anilines is 1. The van der Waals surface area contributed by atoms with E-state index in [1.807, 2.05) is 0 Å². The highest BCUT2D eigenvalue weighted by atomic mass is 32.1. The Kier molecular flexibility index (Phi) is 6.46. The molecule has 1 aliphatic rings. The van der Waals surface area contributed by atoms with Crippen LogP contribution in [0.3, 0.4) is 0 Å². The summed E-state index contributed by atoms with van der Waals surface area (Å²) in [6.45, 7) is 9.06. The molecule has 0 radical (unpaired) electrons. The molecule has 21 heavy (non-hydrogen) atoms. The van der Waals surface area contributed by atoms with Gasteiger partial charge in [0, 0.05) is 12.2 Å². The van der Waals surface area contributed by atoms with Crippen molar-refractivity contribution in [2.75, 3.05) is 31.5 Å². The molecule has 2 N–H and O–H groups in total. The van der Waals surface area contributed by atoms with Crippen molar-refractivity contribution in [2.24, 2.45) is 5.92 Å². The molecular formula is C17H27N3S. The summed E-state index contributed by atoms with van der Waals surface area (Å²) in [7, 11) is 0. The molecule has 1 aromatic rings. The SMILES string of the molecule is Cc1ccc(NC(=S)NCCCN2CCC(C)CC2)cc1. The molecule has 0 spiro atoms. The first-order chi connectivity index (χ1) is 10.1. The first-order valence-electron chi connectivity index (χ1n) is 7.97. The van der Waals surface area contributed by atoms with Crippen LogP contribution in [0.25, 0.3) is 0 Å². The predicted octanol–water partition coefficient (Wildman–Crippen LogP) is 3.40. The zero-order chi connectivity index (χ0) is 15.1. The number of hydrogen-bond donors (Lipinski definition) is 2. The monoisotopic (exact) mass is 305 g/mol. The smallest absolute Gasteiger partial charge is 0.170 e. The summed E-state index contributed by atoms with van der Waals surface area (Å²) in [6.07, 6.45) is 3.84. The maximum absolute atomic E-state index is 5.32. The molecule has 1 aliphatic heterocycles. The number of aryl methyl sites for hydroxylation is 1. The molecule has 0 amide bonds. The molecule has 1 fully saturated rings. The van der Waals surface area contributed by atoms with Gasteiger partial charge < -0.3 is 15.5 Å². The van der Waals surface area contributed by atoms with Crippen molar-refractivity contribution in [3.05, 3.63) is 29.8 Å². The third-order valence-corrected chi connectivity index (χ3v) is 4.37. The highest BCUT2D eigenvalue weighted by molar-refractivity contribution is 7.80. The van der Waals surface area contributed by atoms with Crippen LogP contribution in [0.1, 0.15) is 31.7 Å². The van der Waals surface area contributed by atoms with Crippen LogP contribution in [-0.2, 0) is 0 Å². The summed E-state index contributed by atoms with van der Waals surface area (Å²) in [5, 5.41) is 7.22. The van der Waals surface area contributed by atoms with Gasteiger partial charge in [0.2, 0.25) is 0 Å². The molecule has 1 saturated heterocycles. The van der Waals surface area contributed by atoms with Crippen molar-refractivity contribution in [3.63, 3.8) is 0 Å². The van der Waals surface area contributed by atoms with E-state index in [1.54, 1.807) is 0 Å². The normalized spacial score (nSPS) is 16.7. The molecule has 1 aromatic carbocycles. The highest BCUT2D eigenvalue weighted by Crippen LogP contribution is 2.15. The average molecular weight is 305 g/mol. The maximum Gasteiger partial charge on any atom is 0.170 e. The van der Waals surface area contributed by atoms with E-state index in [4.69, 9.17) is 12.2 Å². The molecule has 1 heterocycles. The average Bonchev–Trinajstić information content (AvgIpc) is 2.48. The molecule has 0 aliphatic carbocycles. The van der Waals surface area contributed by atoms with E-state index < -0.39 is 0 Å². The number of nitrogens with zero attached hydrogens (tertiary/aromatic N) is 1. The van der Waals surface area contributed by atoms with Gasteiger partial charge in [-0.25, -0.2) is 0 Å². The molecule has 2 rings (SSSR count). The summed E-state index contributed by atoms with van der Waals surface area (Å²) < 4.78 is 0. The van der Waals surface area contributed by atoms with Crippen LogP contribution in [0.5, 0.6) is 0 Å².